The van der Waals surface area contributed by atoms with Crippen LogP contribution in [-0.2, 0) is 15.9 Å². The first-order valence-corrected chi connectivity index (χ1v) is 14.0. The van der Waals surface area contributed by atoms with Gasteiger partial charge in [0.1, 0.15) is 5.82 Å². The number of halogens is 1. The van der Waals surface area contributed by atoms with Gasteiger partial charge in [-0.05, 0) is 76.0 Å². The summed E-state index contributed by atoms with van der Waals surface area (Å²) >= 11 is 6.60. The Hall–Kier alpha value is -1.73. The number of aromatic nitrogens is 2. The van der Waals surface area contributed by atoms with Crippen molar-refractivity contribution < 1.29 is 9.47 Å². The van der Waals surface area contributed by atoms with Gasteiger partial charge in [-0.2, -0.15) is 0 Å². The van der Waals surface area contributed by atoms with Crippen LogP contribution in [-0.4, -0.2) is 55.0 Å². The fraction of sp³-hybridized carbons (Fsp3) is 0.667. The van der Waals surface area contributed by atoms with Crippen LogP contribution in [0.4, 0.5) is 5.82 Å². The predicted molar refractivity (Wildman–Crippen MR) is 154 cm³/mol. The third kappa shape index (κ3) is 8.38. The SMILES string of the molecule is C.COC[C@@H](C)NC1CCC(Cc2cc(-c3cccc(NCC4(OC)CCCCC4)n3)c(Cl)cn2)CC1. The van der Waals surface area contributed by atoms with Crippen LogP contribution in [0, 0.1) is 5.92 Å². The molecular weight excluding hydrogens is 484 g/mol. The summed E-state index contributed by atoms with van der Waals surface area (Å²) in [5.41, 5.74) is 2.84. The van der Waals surface area contributed by atoms with Crippen LogP contribution in [0.15, 0.2) is 30.5 Å². The lowest BCUT2D eigenvalue weighted by Gasteiger charge is -2.36. The number of nitrogens with zero attached hydrogens (tertiary/aromatic N) is 2. The summed E-state index contributed by atoms with van der Waals surface area (Å²) in [5.74, 6) is 1.52. The number of methoxy groups -OCH3 is 2. The molecule has 2 N–H and O–H groups in total. The molecule has 0 saturated heterocycles. The molecule has 0 radical (unpaired) electrons. The molecule has 206 valence electrons. The van der Waals surface area contributed by atoms with Gasteiger partial charge in [0.25, 0.3) is 0 Å². The number of anilines is 1. The fourth-order valence-electron chi connectivity index (χ4n) is 5.90. The lowest BCUT2D eigenvalue weighted by Crippen LogP contribution is -2.41. The van der Waals surface area contributed by atoms with Crippen LogP contribution in [0.25, 0.3) is 11.3 Å². The first-order chi connectivity index (χ1) is 17.5. The number of hydrogen-bond acceptors (Lipinski definition) is 6. The van der Waals surface area contributed by atoms with Gasteiger partial charge in [0, 0.05) is 50.3 Å². The largest absolute Gasteiger partial charge is 0.383 e. The van der Waals surface area contributed by atoms with Crippen molar-refractivity contribution in [3.8, 4) is 11.3 Å². The number of nitrogens with one attached hydrogen (secondary N) is 2. The van der Waals surface area contributed by atoms with Gasteiger partial charge in [-0.15, -0.1) is 0 Å². The summed E-state index contributed by atoms with van der Waals surface area (Å²) in [6.45, 7) is 3.73. The van der Waals surface area contributed by atoms with Crippen molar-refractivity contribution in [3.63, 3.8) is 0 Å². The number of ether oxygens (including phenoxy) is 2. The molecule has 0 aromatic carbocycles. The molecule has 2 aromatic heterocycles. The summed E-state index contributed by atoms with van der Waals surface area (Å²) < 4.78 is 11.2. The molecule has 2 aliphatic rings. The van der Waals surface area contributed by atoms with E-state index < -0.39 is 0 Å². The summed E-state index contributed by atoms with van der Waals surface area (Å²) in [4.78, 5) is 9.56. The molecule has 2 aromatic rings. The Morgan fingerprint density at radius 3 is 2.57 bits per heavy atom. The normalized spacial score (nSPS) is 22.2. The average molecular weight is 531 g/mol. The van der Waals surface area contributed by atoms with Gasteiger partial charge in [-0.3, -0.25) is 4.98 Å². The van der Waals surface area contributed by atoms with E-state index in [4.69, 9.17) is 26.1 Å². The van der Waals surface area contributed by atoms with Gasteiger partial charge in [0.05, 0.1) is 22.9 Å². The molecule has 4 rings (SSSR count). The van der Waals surface area contributed by atoms with E-state index in [1.165, 1.54) is 44.9 Å². The smallest absolute Gasteiger partial charge is 0.126 e. The molecule has 2 heterocycles. The molecule has 0 unspecified atom stereocenters. The van der Waals surface area contributed by atoms with Crippen LogP contribution >= 0.6 is 11.6 Å². The van der Waals surface area contributed by atoms with E-state index in [2.05, 4.69) is 28.6 Å². The molecule has 2 fully saturated rings. The van der Waals surface area contributed by atoms with E-state index in [0.29, 0.717) is 23.0 Å². The minimum atomic E-state index is -0.0895. The maximum Gasteiger partial charge on any atom is 0.126 e. The van der Waals surface area contributed by atoms with E-state index in [0.717, 1.165) is 55.2 Å². The van der Waals surface area contributed by atoms with Gasteiger partial charge in [-0.25, -0.2) is 4.98 Å². The lowest BCUT2D eigenvalue weighted by atomic mass is 9.83. The Kier molecular flexibility index (Phi) is 11.6. The Labute approximate surface area is 229 Å². The van der Waals surface area contributed by atoms with Crippen molar-refractivity contribution in [1.29, 1.82) is 0 Å². The maximum atomic E-state index is 6.60. The highest BCUT2D eigenvalue weighted by molar-refractivity contribution is 6.33. The standard InChI is InChI=1S/C29H43ClN4O2.CH4/c1-21(19-35-2)33-23-12-10-22(11-13-23)16-24-17-25(26(30)18-31-24)27-8-7-9-28(34-27)32-20-29(36-3)14-5-4-6-15-29;/h7-9,17-18,21-23,33H,4-6,10-16,19-20H2,1-3H3,(H,32,34);1H4/t21-,22?,23?;/m1./s1. The summed E-state index contributed by atoms with van der Waals surface area (Å²) in [6.07, 6.45) is 13.6. The van der Waals surface area contributed by atoms with E-state index >= 15 is 0 Å². The Bertz CT molecular complexity index is 958. The van der Waals surface area contributed by atoms with Crippen molar-refractivity contribution >= 4 is 17.4 Å². The molecule has 0 aliphatic heterocycles. The second kappa shape index (κ2) is 14.4. The van der Waals surface area contributed by atoms with E-state index in [9.17, 15) is 0 Å². The zero-order valence-electron chi connectivity index (χ0n) is 22.2. The summed E-state index contributed by atoms with van der Waals surface area (Å²) in [5, 5.41) is 7.88. The van der Waals surface area contributed by atoms with E-state index in [1.54, 1.807) is 13.3 Å². The molecule has 2 saturated carbocycles. The van der Waals surface area contributed by atoms with Crippen LogP contribution in [0.3, 0.4) is 0 Å². The van der Waals surface area contributed by atoms with E-state index in [1.807, 2.05) is 25.3 Å². The lowest BCUT2D eigenvalue weighted by molar-refractivity contribution is -0.0279. The summed E-state index contributed by atoms with van der Waals surface area (Å²) in [7, 11) is 3.60. The minimum Gasteiger partial charge on any atom is -0.383 e. The third-order valence-corrected chi connectivity index (χ3v) is 8.31. The van der Waals surface area contributed by atoms with Crippen LogP contribution in [0.1, 0.15) is 77.8 Å². The van der Waals surface area contributed by atoms with Gasteiger partial charge >= 0.3 is 0 Å². The molecule has 0 amide bonds. The highest BCUT2D eigenvalue weighted by Gasteiger charge is 2.31. The number of pyridine rings is 2. The van der Waals surface area contributed by atoms with E-state index in [-0.39, 0.29) is 13.0 Å². The fourth-order valence-corrected chi connectivity index (χ4v) is 6.10. The molecule has 37 heavy (non-hydrogen) atoms. The maximum absolute atomic E-state index is 6.60. The van der Waals surface area contributed by atoms with Crippen molar-refractivity contribution in [2.24, 2.45) is 5.92 Å². The molecule has 6 nitrogen and oxygen atoms in total. The van der Waals surface area contributed by atoms with Gasteiger partial charge in [-0.1, -0.05) is 44.4 Å². The quantitative estimate of drug-likeness (QED) is 0.328. The molecule has 0 spiro atoms. The molecular formula is C30H47ClN4O2. The second-order valence-corrected chi connectivity index (χ2v) is 11.2. The molecule has 7 heteroatoms. The monoisotopic (exact) mass is 530 g/mol. The topological polar surface area (TPSA) is 68.3 Å². The molecule has 0 bridgehead atoms. The first-order valence-electron chi connectivity index (χ1n) is 13.7. The number of hydrogen-bond donors (Lipinski definition) is 2. The minimum absolute atomic E-state index is 0. The highest BCUT2D eigenvalue weighted by atomic mass is 35.5. The summed E-state index contributed by atoms with van der Waals surface area (Å²) in [6, 6.07) is 9.22. The van der Waals surface area contributed by atoms with Crippen molar-refractivity contribution in [2.45, 2.75) is 96.2 Å². The number of rotatable bonds is 11. The first kappa shape index (κ1) is 29.8. The zero-order valence-corrected chi connectivity index (χ0v) is 22.9. The van der Waals surface area contributed by atoms with Crippen molar-refractivity contribution in [1.82, 2.24) is 15.3 Å². The van der Waals surface area contributed by atoms with Crippen LogP contribution in [0.5, 0.6) is 0 Å². The predicted octanol–water partition coefficient (Wildman–Crippen LogP) is 6.92. The third-order valence-electron chi connectivity index (χ3n) is 8.01. The van der Waals surface area contributed by atoms with Crippen molar-refractivity contribution in [2.75, 3.05) is 32.7 Å². The Morgan fingerprint density at radius 2 is 1.86 bits per heavy atom. The van der Waals surface area contributed by atoms with Gasteiger partial charge in [0.15, 0.2) is 0 Å². The zero-order chi connectivity index (χ0) is 25.4. The Balaban J connectivity index is 0.00000380. The van der Waals surface area contributed by atoms with Crippen LogP contribution < -0.4 is 10.6 Å². The van der Waals surface area contributed by atoms with Crippen molar-refractivity contribution in [3.05, 3.63) is 41.2 Å². The van der Waals surface area contributed by atoms with Gasteiger partial charge < -0.3 is 20.1 Å². The molecule has 1 atom stereocenters. The molecule has 2 aliphatic carbocycles. The highest BCUT2D eigenvalue weighted by Crippen LogP contribution is 2.33. The second-order valence-electron chi connectivity index (χ2n) is 10.8. The average Bonchev–Trinajstić information content (AvgIpc) is 2.90. The van der Waals surface area contributed by atoms with Gasteiger partial charge in [0.2, 0.25) is 0 Å². The Morgan fingerprint density at radius 1 is 1.11 bits per heavy atom. The van der Waals surface area contributed by atoms with Crippen LogP contribution in [0.2, 0.25) is 5.02 Å².